The molecule has 2 aromatic carbocycles. The molecule has 2 amide bonds. The fourth-order valence-corrected chi connectivity index (χ4v) is 2.94. The molecule has 27 heavy (non-hydrogen) atoms. The molecule has 0 aromatic heterocycles. The van der Waals surface area contributed by atoms with Gasteiger partial charge in [-0.3, -0.25) is 9.59 Å². The van der Waals surface area contributed by atoms with E-state index < -0.39 is 12.5 Å². The van der Waals surface area contributed by atoms with E-state index in [9.17, 15) is 18.4 Å². The summed E-state index contributed by atoms with van der Waals surface area (Å²) in [5.41, 5.74) is 1.02. The van der Waals surface area contributed by atoms with Gasteiger partial charge in [0.25, 0.3) is 5.91 Å². The molecule has 0 atom stereocenters. The smallest absolute Gasteiger partial charge is 0.387 e. The number of benzene rings is 2. The molecular formula is C19H18F2N2O4. The lowest BCUT2D eigenvalue weighted by molar-refractivity contribution is -0.117. The van der Waals surface area contributed by atoms with Crippen molar-refractivity contribution in [2.24, 2.45) is 0 Å². The molecule has 0 spiro atoms. The Morgan fingerprint density at radius 3 is 2.67 bits per heavy atom. The number of rotatable bonds is 6. The minimum Gasteiger partial charge on any atom is -0.493 e. The van der Waals surface area contributed by atoms with Crippen molar-refractivity contribution >= 4 is 23.2 Å². The first-order valence-electron chi connectivity index (χ1n) is 8.33. The molecule has 0 aliphatic carbocycles. The van der Waals surface area contributed by atoms with Crippen LogP contribution in [0.5, 0.6) is 11.5 Å². The van der Waals surface area contributed by atoms with Gasteiger partial charge >= 0.3 is 6.61 Å². The normalized spacial score (nSPS) is 13.8. The molecule has 0 unspecified atom stereocenters. The van der Waals surface area contributed by atoms with E-state index in [0.717, 1.165) is 6.42 Å². The summed E-state index contributed by atoms with van der Waals surface area (Å²) in [6, 6.07) is 11.1. The molecule has 2 aromatic rings. The topological polar surface area (TPSA) is 67.9 Å². The minimum atomic E-state index is -3.10. The van der Waals surface area contributed by atoms with E-state index in [0.29, 0.717) is 24.3 Å². The summed E-state index contributed by atoms with van der Waals surface area (Å²) in [5.74, 6) is -0.911. The van der Waals surface area contributed by atoms with Crippen LogP contribution >= 0.6 is 0 Å². The molecule has 1 heterocycles. The maximum absolute atomic E-state index is 12.7. The third kappa shape index (κ3) is 4.16. The zero-order valence-corrected chi connectivity index (χ0v) is 14.6. The van der Waals surface area contributed by atoms with E-state index in [4.69, 9.17) is 4.74 Å². The number of carbonyl (C=O) groups is 2. The third-order valence-corrected chi connectivity index (χ3v) is 4.14. The summed E-state index contributed by atoms with van der Waals surface area (Å²) < 4.78 is 34.9. The lowest BCUT2D eigenvalue weighted by Gasteiger charge is -2.17. The molecular weight excluding hydrogens is 358 g/mol. The van der Waals surface area contributed by atoms with Gasteiger partial charge in [-0.15, -0.1) is 0 Å². The number of nitrogens with zero attached hydrogens (tertiary/aromatic N) is 1. The lowest BCUT2D eigenvalue weighted by atomic mass is 10.1. The van der Waals surface area contributed by atoms with E-state index in [1.54, 1.807) is 29.2 Å². The highest BCUT2D eigenvalue weighted by Gasteiger charge is 2.23. The average molecular weight is 376 g/mol. The van der Waals surface area contributed by atoms with Gasteiger partial charge < -0.3 is 19.7 Å². The summed E-state index contributed by atoms with van der Waals surface area (Å²) in [4.78, 5) is 26.1. The van der Waals surface area contributed by atoms with Crippen molar-refractivity contribution < 1.29 is 27.8 Å². The molecule has 0 radical (unpaired) electrons. The van der Waals surface area contributed by atoms with E-state index in [2.05, 4.69) is 10.1 Å². The number of hydrogen-bond donors (Lipinski definition) is 1. The van der Waals surface area contributed by atoms with Crippen molar-refractivity contribution in [3.8, 4) is 11.5 Å². The number of anilines is 2. The maximum Gasteiger partial charge on any atom is 0.387 e. The predicted octanol–water partition coefficient (Wildman–Crippen LogP) is 3.68. The van der Waals surface area contributed by atoms with E-state index in [1.807, 2.05) is 0 Å². The van der Waals surface area contributed by atoms with Crippen LogP contribution in [-0.4, -0.2) is 32.1 Å². The van der Waals surface area contributed by atoms with Crippen LogP contribution < -0.4 is 19.7 Å². The Balaban J connectivity index is 1.85. The number of ether oxygens (including phenoxy) is 2. The molecule has 0 saturated carbocycles. The average Bonchev–Trinajstić information content (AvgIpc) is 3.07. The molecule has 1 saturated heterocycles. The number of hydrogen-bond acceptors (Lipinski definition) is 4. The van der Waals surface area contributed by atoms with Gasteiger partial charge in [-0.25, -0.2) is 0 Å². The van der Waals surface area contributed by atoms with Gasteiger partial charge in [0.1, 0.15) is 0 Å². The van der Waals surface area contributed by atoms with Crippen molar-refractivity contribution in [2.45, 2.75) is 19.5 Å². The Morgan fingerprint density at radius 2 is 2.00 bits per heavy atom. The van der Waals surface area contributed by atoms with Crippen LogP contribution in [0.15, 0.2) is 42.5 Å². The zero-order valence-electron chi connectivity index (χ0n) is 14.6. The Labute approximate surface area is 154 Å². The van der Waals surface area contributed by atoms with Crippen LogP contribution in [-0.2, 0) is 4.79 Å². The highest BCUT2D eigenvalue weighted by atomic mass is 19.3. The molecule has 1 aliphatic heterocycles. The minimum absolute atomic E-state index is 0.0268. The second-order valence-electron chi connectivity index (χ2n) is 5.87. The summed E-state index contributed by atoms with van der Waals surface area (Å²) in [6.45, 7) is -2.48. The molecule has 8 heteroatoms. The molecule has 6 nitrogen and oxygen atoms in total. The molecule has 3 rings (SSSR count). The lowest BCUT2D eigenvalue weighted by Crippen LogP contribution is -2.23. The highest BCUT2D eigenvalue weighted by Crippen LogP contribution is 2.33. The van der Waals surface area contributed by atoms with Crippen LogP contribution in [0.1, 0.15) is 23.2 Å². The quantitative estimate of drug-likeness (QED) is 0.835. The van der Waals surface area contributed by atoms with Crippen LogP contribution in [0, 0.1) is 0 Å². The van der Waals surface area contributed by atoms with Crippen LogP contribution in [0.2, 0.25) is 0 Å². The maximum atomic E-state index is 12.7. The first kappa shape index (κ1) is 18.6. The number of amides is 2. The monoisotopic (exact) mass is 376 g/mol. The molecule has 142 valence electrons. The molecule has 1 aliphatic rings. The first-order chi connectivity index (χ1) is 13.0. The van der Waals surface area contributed by atoms with Gasteiger partial charge in [-0.05, 0) is 36.8 Å². The first-order valence-corrected chi connectivity index (χ1v) is 8.33. The van der Waals surface area contributed by atoms with Crippen LogP contribution in [0.3, 0.4) is 0 Å². The Hall–Kier alpha value is -3.16. The number of para-hydroxylation sites is 1. The summed E-state index contributed by atoms with van der Waals surface area (Å²) in [7, 11) is 1.30. The number of alkyl halides is 2. The van der Waals surface area contributed by atoms with Crippen molar-refractivity contribution in [3.05, 3.63) is 48.0 Å². The van der Waals surface area contributed by atoms with Gasteiger partial charge in [-0.2, -0.15) is 8.78 Å². The van der Waals surface area contributed by atoms with E-state index >= 15 is 0 Å². The summed E-state index contributed by atoms with van der Waals surface area (Å²) in [5, 5.41) is 2.64. The van der Waals surface area contributed by atoms with Gasteiger partial charge in [0.2, 0.25) is 5.91 Å². The second-order valence-corrected chi connectivity index (χ2v) is 5.87. The van der Waals surface area contributed by atoms with Gasteiger partial charge in [0.05, 0.1) is 12.7 Å². The standard InChI is InChI=1S/C19H18F2N2O4/c1-26-15-8-3-7-14(17(15)27-19(20)21)18(25)22-12-5-2-6-13(11-12)23-10-4-9-16(23)24/h2-3,5-8,11,19H,4,9-10H2,1H3,(H,22,25). The van der Waals surface area contributed by atoms with Gasteiger partial charge in [0, 0.05) is 24.3 Å². The summed E-state index contributed by atoms with van der Waals surface area (Å²) >= 11 is 0. The molecule has 0 bridgehead atoms. The highest BCUT2D eigenvalue weighted by molar-refractivity contribution is 6.07. The van der Waals surface area contributed by atoms with Crippen molar-refractivity contribution in [1.82, 2.24) is 0 Å². The SMILES string of the molecule is COc1cccc(C(=O)Nc2cccc(N3CCCC3=O)c2)c1OC(F)F. The van der Waals surface area contributed by atoms with E-state index in [-0.39, 0.29) is 23.0 Å². The number of methoxy groups -OCH3 is 1. The van der Waals surface area contributed by atoms with Crippen molar-refractivity contribution in [2.75, 3.05) is 23.9 Å². The third-order valence-electron chi connectivity index (χ3n) is 4.14. The van der Waals surface area contributed by atoms with Gasteiger partial charge in [-0.1, -0.05) is 12.1 Å². The number of nitrogens with one attached hydrogen (secondary N) is 1. The van der Waals surface area contributed by atoms with Gasteiger partial charge in [0.15, 0.2) is 11.5 Å². The fourth-order valence-electron chi connectivity index (χ4n) is 2.94. The predicted molar refractivity (Wildman–Crippen MR) is 95.6 cm³/mol. The van der Waals surface area contributed by atoms with Crippen LogP contribution in [0.25, 0.3) is 0 Å². The van der Waals surface area contributed by atoms with Crippen LogP contribution in [0.4, 0.5) is 20.2 Å². The summed E-state index contributed by atoms with van der Waals surface area (Å²) in [6.07, 6.45) is 1.28. The Kier molecular flexibility index (Phi) is 5.54. The van der Waals surface area contributed by atoms with Crippen molar-refractivity contribution in [3.63, 3.8) is 0 Å². The Morgan fingerprint density at radius 1 is 1.22 bits per heavy atom. The molecule has 1 fully saturated rings. The Bertz CT molecular complexity index is 857. The number of carbonyl (C=O) groups excluding carboxylic acids is 2. The van der Waals surface area contributed by atoms with Crippen molar-refractivity contribution in [1.29, 1.82) is 0 Å². The number of halogens is 2. The van der Waals surface area contributed by atoms with E-state index in [1.165, 1.54) is 25.3 Å². The second kappa shape index (κ2) is 8.03. The fraction of sp³-hybridized carbons (Fsp3) is 0.263. The largest absolute Gasteiger partial charge is 0.493 e. The zero-order chi connectivity index (χ0) is 19.4. The molecule has 1 N–H and O–H groups in total.